The molecule has 2 aromatic rings. The summed E-state index contributed by atoms with van der Waals surface area (Å²) in [6.07, 6.45) is 2.74. The molecule has 0 radical (unpaired) electrons. The van der Waals surface area contributed by atoms with E-state index in [2.05, 4.69) is 51.3 Å². The Kier molecular flexibility index (Phi) is 3.36. The Balaban J connectivity index is 2.28. The van der Waals surface area contributed by atoms with Crippen LogP contribution in [0, 0.1) is 5.41 Å². The molecule has 0 fully saturated rings. The van der Waals surface area contributed by atoms with Crippen LogP contribution >= 0.6 is 0 Å². The summed E-state index contributed by atoms with van der Waals surface area (Å²) < 4.78 is 0. The van der Waals surface area contributed by atoms with Gasteiger partial charge in [-0.25, -0.2) is 4.98 Å². The standard InChI is InChI=1S/C12H20N6/c1-5-12(2,3)6-14-9-8-10(16-7-15-8)18-11(13-4)17-9/h7H,5-6H2,1-4H3,(H3,13,14,15,16,17,18). The Morgan fingerprint density at radius 1 is 1.33 bits per heavy atom. The number of aromatic nitrogens is 4. The summed E-state index contributed by atoms with van der Waals surface area (Å²) in [5.41, 5.74) is 1.75. The molecule has 0 spiro atoms. The molecule has 18 heavy (non-hydrogen) atoms. The van der Waals surface area contributed by atoms with Gasteiger partial charge >= 0.3 is 0 Å². The van der Waals surface area contributed by atoms with E-state index < -0.39 is 0 Å². The van der Waals surface area contributed by atoms with Crippen LogP contribution in [0.2, 0.25) is 0 Å². The van der Waals surface area contributed by atoms with Crippen molar-refractivity contribution in [1.29, 1.82) is 0 Å². The number of imidazole rings is 1. The monoisotopic (exact) mass is 248 g/mol. The van der Waals surface area contributed by atoms with E-state index in [1.807, 2.05) is 0 Å². The molecule has 0 saturated carbocycles. The first-order chi connectivity index (χ1) is 8.55. The first kappa shape index (κ1) is 12.6. The van der Waals surface area contributed by atoms with Gasteiger partial charge in [0.2, 0.25) is 5.95 Å². The van der Waals surface area contributed by atoms with Gasteiger partial charge in [0.05, 0.1) is 6.33 Å². The quantitative estimate of drug-likeness (QED) is 0.756. The van der Waals surface area contributed by atoms with Crippen LogP contribution < -0.4 is 10.6 Å². The molecular formula is C12H20N6. The van der Waals surface area contributed by atoms with E-state index in [1.165, 1.54) is 0 Å². The predicted octanol–water partition coefficient (Wildman–Crippen LogP) is 2.24. The number of hydrogen-bond acceptors (Lipinski definition) is 5. The third-order valence-corrected chi connectivity index (χ3v) is 3.20. The molecule has 6 nitrogen and oxygen atoms in total. The number of rotatable bonds is 5. The normalized spacial score (nSPS) is 11.8. The molecule has 0 saturated heterocycles. The SMILES string of the molecule is CCC(C)(C)CNc1nc(NC)nc2nc[nH]c12. The third kappa shape index (κ3) is 2.52. The zero-order chi connectivity index (χ0) is 13.2. The summed E-state index contributed by atoms with van der Waals surface area (Å²) in [5.74, 6) is 1.37. The highest BCUT2D eigenvalue weighted by molar-refractivity contribution is 5.83. The molecule has 2 aromatic heterocycles. The fraction of sp³-hybridized carbons (Fsp3) is 0.583. The number of aromatic amines is 1. The van der Waals surface area contributed by atoms with Crippen LogP contribution in [0.3, 0.4) is 0 Å². The summed E-state index contributed by atoms with van der Waals surface area (Å²) in [6, 6.07) is 0. The molecule has 0 aliphatic rings. The molecule has 6 heteroatoms. The van der Waals surface area contributed by atoms with E-state index in [1.54, 1.807) is 13.4 Å². The Labute approximate surface area is 107 Å². The summed E-state index contributed by atoms with van der Waals surface area (Å²) in [6.45, 7) is 7.50. The third-order valence-electron chi connectivity index (χ3n) is 3.20. The number of nitrogens with zero attached hydrogens (tertiary/aromatic N) is 3. The van der Waals surface area contributed by atoms with Crippen LogP contribution in [0.25, 0.3) is 11.2 Å². The van der Waals surface area contributed by atoms with Gasteiger partial charge in [-0.2, -0.15) is 9.97 Å². The molecule has 0 unspecified atom stereocenters. The lowest BCUT2D eigenvalue weighted by atomic mass is 9.90. The van der Waals surface area contributed by atoms with Crippen molar-refractivity contribution in [3.8, 4) is 0 Å². The number of anilines is 2. The first-order valence-electron chi connectivity index (χ1n) is 6.18. The molecule has 2 rings (SSSR count). The van der Waals surface area contributed by atoms with Crippen molar-refractivity contribution < 1.29 is 0 Å². The van der Waals surface area contributed by atoms with E-state index in [9.17, 15) is 0 Å². The summed E-state index contributed by atoms with van der Waals surface area (Å²) in [5, 5.41) is 6.32. The fourth-order valence-corrected chi connectivity index (χ4v) is 1.52. The van der Waals surface area contributed by atoms with E-state index in [4.69, 9.17) is 0 Å². The molecule has 98 valence electrons. The lowest BCUT2D eigenvalue weighted by molar-refractivity contribution is 0.376. The molecular weight excluding hydrogens is 228 g/mol. The number of fused-ring (bicyclic) bond motifs is 1. The van der Waals surface area contributed by atoms with Crippen molar-refractivity contribution in [3.05, 3.63) is 6.33 Å². The minimum atomic E-state index is 0.233. The van der Waals surface area contributed by atoms with E-state index in [0.29, 0.717) is 11.6 Å². The Hall–Kier alpha value is -1.85. The minimum absolute atomic E-state index is 0.233. The van der Waals surface area contributed by atoms with Gasteiger partial charge in [0, 0.05) is 13.6 Å². The van der Waals surface area contributed by atoms with Gasteiger partial charge in [-0.05, 0) is 11.8 Å². The maximum Gasteiger partial charge on any atom is 0.226 e. The number of hydrogen-bond donors (Lipinski definition) is 3. The van der Waals surface area contributed by atoms with Crippen molar-refractivity contribution in [2.45, 2.75) is 27.2 Å². The van der Waals surface area contributed by atoms with Gasteiger partial charge in [-0.15, -0.1) is 0 Å². The predicted molar refractivity (Wildman–Crippen MR) is 73.8 cm³/mol. The summed E-state index contributed by atoms with van der Waals surface area (Å²) >= 11 is 0. The van der Waals surface area contributed by atoms with E-state index in [0.717, 1.165) is 24.3 Å². The van der Waals surface area contributed by atoms with Crippen LogP contribution in [-0.2, 0) is 0 Å². The maximum absolute atomic E-state index is 4.42. The lowest BCUT2D eigenvalue weighted by Crippen LogP contribution is -2.22. The zero-order valence-corrected chi connectivity index (χ0v) is 11.3. The van der Waals surface area contributed by atoms with Crippen LogP contribution in [0.15, 0.2) is 6.33 Å². The molecule has 0 atom stereocenters. The van der Waals surface area contributed by atoms with Gasteiger partial charge in [-0.3, -0.25) is 0 Å². The molecule has 2 heterocycles. The topological polar surface area (TPSA) is 78.5 Å². The van der Waals surface area contributed by atoms with Gasteiger partial charge in [0.25, 0.3) is 0 Å². The van der Waals surface area contributed by atoms with Crippen molar-refractivity contribution >= 4 is 22.9 Å². The zero-order valence-electron chi connectivity index (χ0n) is 11.3. The van der Waals surface area contributed by atoms with Crippen molar-refractivity contribution in [2.24, 2.45) is 5.41 Å². The second-order valence-corrected chi connectivity index (χ2v) is 5.12. The second-order valence-electron chi connectivity index (χ2n) is 5.12. The molecule has 0 aromatic carbocycles. The average Bonchev–Trinajstić information content (AvgIpc) is 2.84. The summed E-state index contributed by atoms with van der Waals surface area (Å²) in [7, 11) is 1.80. The van der Waals surface area contributed by atoms with Crippen LogP contribution in [0.4, 0.5) is 11.8 Å². The van der Waals surface area contributed by atoms with E-state index >= 15 is 0 Å². The van der Waals surface area contributed by atoms with Crippen molar-refractivity contribution in [3.63, 3.8) is 0 Å². The van der Waals surface area contributed by atoms with Crippen molar-refractivity contribution in [2.75, 3.05) is 24.2 Å². The fourth-order valence-electron chi connectivity index (χ4n) is 1.52. The highest BCUT2D eigenvalue weighted by Gasteiger charge is 2.16. The lowest BCUT2D eigenvalue weighted by Gasteiger charge is -2.23. The molecule has 0 bridgehead atoms. The number of H-pyrrole nitrogens is 1. The van der Waals surface area contributed by atoms with E-state index in [-0.39, 0.29) is 5.41 Å². The smallest absolute Gasteiger partial charge is 0.226 e. The molecule has 0 amide bonds. The Morgan fingerprint density at radius 2 is 2.11 bits per heavy atom. The minimum Gasteiger partial charge on any atom is -0.368 e. The Bertz CT molecular complexity index is 530. The highest BCUT2D eigenvalue weighted by atomic mass is 15.2. The van der Waals surface area contributed by atoms with Gasteiger partial charge in [0.15, 0.2) is 11.5 Å². The van der Waals surface area contributed by atoms with Crippen LogP contribution in [-0.4, -0.2) is 33.5 Å². The highest BCUT2D eigenvalue weighted by Crippen LogP contribution is 2.23. The second kappa shape index (κ2) is 4.80. The molecule has 0 aliphatic heterocycles. The van der Waals surface area contributed by atoms with Crippen LogP contribution in [0.5, 0.6) is 0 Å². The first-order valence-corrected chi connectivity index (χ1v) is 6.18. The molecule has 0 aliphatic carbocycles. The maximum atomic E-state index is 4.42. The largest absolute Gasteiger partial charge is 0.368 e. The average molecular weight is 248 g/mol. The van der Waals surface area contributed by atoms with Gasteiger partial charge in [0.1, 0.15) is 5.52 Å². The van der Waals surface area contributed by atoms with Crippen molar-refractivity contribution in [1.82, 2.24) is 19.9 Å². The van der Waals surface area contributed by atoms with Gasteiger partial charge in [-0.1, -0.05) is 20.8 Å². The Morgan fingerprint density at radius 3 is 2.78 bits per heavy atom. The molecule has 3 N–H and O–H groups in total. The van der Waals surface area contributed by atoms with Gasteiger partial charge < -0.3 is 15.6 Å². The summed E-state index contributed by atoms with van der Waals surface area (Å²) in [4.78, 5) is 15.9. The van der Waals surface area contributed by atoms with Crippen LogP contribution in [0.1, 0.15) is 27.2 Å². The number of nitrogens with one attached hydrogen (secondary N) is 3.